The predicted molar refractivity (Wildman–Crippen MR) is 128 cm³/mol. The lowest BCUT2D eigenvalue weighted by molar-refractivity contribution is -0.120. The molecular weight excluding hydrogens is 400 g/mol. The number of amides is 1. The van der Waals surface area contributed by atoms with Gasteiger partial charge >= 0.3 is 0 Å². The average Bonchev–Trinajstić information content (AvgIpc) is 2.83. The first kappa shape index (κ1) is 22.3. The molecule has 0 atom stereocenters. The number of hydrogen-bond donors (Lipinski definition) is 1. The molecule has 0 saturated carbocycles. The lowest BCUT2D eigenvalue weighted by Gasteiger charge is -2.31. The highest BCUT2D eigenvalue weighted by Gasteiger charge is 2.18. The number of nitrogens with zero attached hydrogens (tertiary/aromatic N) is 1. The molecule has 1 amide bonds. The summed E-state index contributed by atoms with van der Waals surface area (Å²) in [5.74, 6) is 0.858. The minimum Gasteiger partial charge on any atom is -0.492 e. The minimum absolute atomic E-state index is 0.0182. The summed E-state index contributed by atoms with van der Waals surface area (Å²) >= 11 is 0. The van der Waals surface area contributed by atoms with Crippen LogP contribution in [0.3, 0.4) is 0 Å². The van der Waals surface area contributed by atoms with Crippen LogP contribution in [-0.4, -0.2) is 50.3 Å². The van der Waals surface area contributed by atoms with Crippen molar-refractivity contribution in [3.8, 4) is 5.75 Å². The molecule has 1 aliphatic heterocycles. The molecule has 1 N–H and O–H groups in total. The second kappa shape index (κ2) is 11.1. The minimum atomic E-state index is 0.0182. The maximum Gasteiger partial charge on any atom is 0.224 e. The van der Waals surface area contributed by atoms with Gasteiger partial charge in [-0.2, -0.15) is 0 Å². The normalized spacial score (nSPS) is 14.6. The van der Waals surface area contributed by atoms with E-state index in [4.69, 9.17) is 9.47 Å². The van der Waals surface area contributed by atoms with Gasteiger partial charge in [0.25, 0.3) is 0 Å². The van der Waals surface area contributed by atoms with Crippen LogP contribution < -0.4 is 10.1 Å². The number of hydrogen-bond acceptors (Lipinski definition) is 4. The maximum absolute atomic E-state index is 12.4. The molecule has 32 heavy (non-hydrogen) atoms. The van der Waals surface area contributed by atoms with E-state index in [2.05, 4.69) is 41.5 Å². The number of likely N-dealkylation sites (N-methyl/N-ethyl adjacent to an activating group) is 1. The molecule has 3 aromatic rings. The Morgan fingerprint density at radius 1 is 1.00 bits per heavy atom. The van der Waals surface area contributed by atoms with Gasteiger partial charge in [0.05, 0.1) is 6.42 Å². The molecule has 0 radical (unpaired) electrons. The molecule has 3 aromatic carbocycles. The van der Waals surface area contributed by atoms with E-state index in [9.17, 15) is 4.79 Å². The Labute approximate surface area is 190 Å². The lowest BCUT2D eigenvalue weighted by Crippen LogP contribution is -2.38. The first-order valence-corrected chi connectivity index (χ1v) is 11.4. The van der Waals surface area contributed by atoms with Crippen LogP contribution in [0.4, 0.5) is 0 Å². The van der Waals surface area contributed by atoms with Crippen molar-refractivity contribution in [3.05, 3.63) is 77.9 Å². The summed E-state index contributed by atoms with van der Waals surface area (Å²) in [6, 6.07) is 22.9. The third kappa shape index (κ3) is 6.31. The monoisotopic (exact) mass is 432 g/mol. The van der Waals surface area contributed by atoms with Gasteiger partial charge in [-0.1, -0.05) is 54.6 Å². The van der Waals surface area contributed by atoms with E-state index in [1.807, 2.05) is 42.5 Å². The Kier molecular flexibility index (Phi) is 7.75. The van der Waals surface area contributed by atoms with Gasteiger partial charge in [0, 0.05) is 32.3 Å². The van der Waals surface area contributed by atoms with E-state index in [-0.39, 0.29) is 5.91 Å². The Balaban J connectivity index is 1.22. The van der Waals surface area contributed by atoms with Crippen molar-refractivity contribution < 1.29 is 14.3 Å². The number of carbonyl (C=O) groups is 1. The second-order valence-corrected chi connectivity index (χ2v) is 8.46. The van der Waals surface area contributed by atoms with Gasteiger partial charge in [-0.3, -0.25) is 9.69 Å². The van der Waals surface area contributed by atoms with Gasteiger partial charge in [-0.05, 0) is 53.9 Å². The van der Waals surface area contributed by atoms with Crippen LogP contribution >= 0.6 is 0 Å². The van der Waals surface area contributed by atoms with Crippen LogP contribution in [-0.2, 0) is 22.5 Å². The zero-order chi connectivity index (χ0) is 22.2. The fourth-order valence-corrected chi connectivity index (χ4v) is 4.16. The standard InChI is InChI=1S/C27H32N2O3/c1-29(25-11-14-31-15-12-25)13-16-32-26-8-4-5-22(18-26)20-28-27(30)19-21-9-10-23-6-2-3-7-24(23)17-21/h2-10,17-18,25H,11-16,19-20H2,1H3,(H,28,30). The zero-order valence-electron chi connectivity index (χ0n) is 18.8. The number of benzene rings is 3. The molecule has 1 heterocycles. The number of ether oxygens (including phenoxy) is 2. The van der Waals surface area contributed by atoms with Gasteiger partial charge in [0.2, 0.25) is 5.91 Å². The summed E-state index contributed by atoms with van der Waals surface area (Å²) in [5.41, 5.74) is 2.05. The maximum atomic E-state index is 12.4. The van der Waals surface area contributed by atoms with Gasteiger partial charge in [-0.15, -0.1) is 0 Å². The fraction of sp³-hybridized carbons (Fsp3) is 0.370. The van der Waals surface area contributed by atoms with Crippen LogP contribution in [0.5, 0.6) is 5.75 Å². The van der Waals surface area contributed by atoms with Gasteiger partial charge in [0.15, 0.2) is 0 Å². The third-order valence-electron chi connectivity index (χ3n) is 6.09. The van der Waals surface area contributed by atoms with Crippen LogP contribution in [0.25, 0.3) is 10.8 Å². The van der Waals surface area contributed by atoms with Gasteiger partial charge < -0.3 is 14.8 Å². The molecule has 5 heteroatoms. The molecule has 0 bridgehead atoms. The number of rotatable bonds is 9. The molecule has 1 fully saturated rings. The quantitative estimate of drug-likeness (QED) is 0.551. The molecule has 1 aliphatic rings. The van der Waals surface area contributed by atoms with Crippen molar-refractivity contribution in [2.75, 3.05) is 33.4 Å². The van der Waals surface area contributed by atoms with Crippen LogP contribution in [0.2, 0.25) is 0 Å². The SMILES string of the molecule is CN(CCOc1cccc(CNC(=O)Cc2ccc3ccccc3c2)c1)C1CCOCC1. The topological polar surface area (TPSA) is 50.8 Å². The molecule has 0 aliphatic carbocycles. The van der Waals surface area contributed by atoms with Crippen molar-refractivity contribution >= 4 is 16.7 Å². The number of nitrogens with one attached hydrogen (secondary N) is 1. The Bertz CT molecular complexity index is 1030. The van der Waals surface area contributed by atoms with Crippen molar-refractivity contribution in [2.45, 2.75) is 31.8 Å². The summed E-state index contributed by atoms with van der Waals surface area (Å²) in [6.07, 6.45) is 2.55. The Morgan fingerprint density at radius 2 is 1.81 bits per heavy atom. The fourth-order valence-electron chi connectivity index (χ4n) is 4.16. The first-order valence-electron chi connectivity index (χ1n) is 11.4. The molecule has 168 valence electrons. The van der Waals surface area contributed by atoms with E-state index in [0.29, 0.717) is 25.6 Å². The highest BCUT2D eigenvalue weighted by Crippen LogP contribution is 2.17. The van der Waals surface area contributed by atoms with Crippen LogP contribution in [0.1, 0.15) is 24.0 Å². The molecule has 1 saturated heterocycles. The number of carbonyl (C=O) groups excluding carboxylic acids is 1. The summed E-state index contributed by atoms with van der Waals surface area (Å²) in [4.78, 5) is 14.8. The zero-order valence-corrected chi connectivity index (χ0v) is 18.8. The lowest BCUT2D eigenvalue weighted by atomic mass is 10.0. The first-order chi connectivity index (χ1) is 15.7. The summed E-state index contributed by atoms with van der Waals surface area (Å²) < 4.78 is 11.4. The smallest absolute Gasteiger partial charge is 0.224 e. The Morgan fingerprint density at radius 3 is 2.66 bits per heavy atom. The van der Waals surface area contributed by atoms with Crippen molar-refractivity contribution in [2.24, 2.45) is 0 Å². The molecule has 4 rings (SSSR count). The Hall–Kier alpha value is -2.89. The van der Waals surface area contributed by atoms with Crippen LogP contribution in [0, 0.1) is 0 Å². The van der Waals surface area contributed by atoms with E-state index in [0.717, 1.165) is 54.9 Å². The summed E-state index contributed by atoms with van der Waals surface area (Å²) in [6.45, 7) is 3.73. The molecule has 0 spiro atoms. The largest absolute Gasteiger partial charge is 0.492 e. The highest BCUT2D eigenvalue weighted by atomic mass is 16.5. The average molecular weight is 433 g/mol. The van der Waals surface area contributed by atoms with E-state index in [1.165, 1.54) is 5.39 Å². The van der Waals surface area contributed by atoms with E-state index < -0.39 is 0 Å². The van der Waals surface area contributed by atoms with Crippen molar-refractivity contribution in [1.82, 2.24) is 10.2 Å². The van der Waals surface area contributed by atoms with E-state index in [1.54, 1.807) is 0 Å². The molecule has 0 unspecified atom stereocenters. The van der Waals surface area contributed by atoms with Crippen molar-refractivity contribution in [3.63, 3.8) is 0 Å². The van der Waals surface area contributed by atoms with Crippen molar-refractivity contribution in [1.29, 1.82) is 0 Å². The summed E-state index contributed by atoms with van der Waals surface area (Å²) in [5, 5.41) is 5.37. The molecular formula is C27H32N2O3. The van der Waals surface area contributed by atoms with Gasteiger partial charge in [-0.25, -0.2) is 0 Å². The second-order valence-electron chi connectivity index (χ2n) is 8.46. The molecule has 0 aromatic heterocycles. The van der Waals surface area contributed by atoms with E-state index >= 15 is 0 Å². The predicted octanol–water partition coefficient (Wildman–Crippen LogP) is 4.19. The third-order valence-corrected chi connectivity index (χ3v) is 6.09. The van der Waals surface area contributed by atoms with Crippen LogP contribution in [0.15, 0.2) is 66.7 Å². The summed E-state index contributed by atoms with van der Waals surface area (Å²) in [7, 11) is 2.15. The molecule has 5 nitrogen and oxygen atoms in total. The highest BCUT2D eigenvalue weighted by molar-refractivity contribution is 5.85. The number of fused-ring (bicyclic) bond motifs is 1. The van der Waals surface area contributed by atoms with Gasteiger partial charge in [0.1, 0.15) is 12.4 Å².